The Balaban J connectivity index is 1.76. The Hall–Kier alpha value is -1.69. The van der Waals surface area contributed by atoms with Crippen molar-refractivity contribution in [1.29, 1.82) is 0 Å². The first-order valence-electron chi connectivity index (χ1n) is 8.32. The molecular formula is C19H23NO3S. The molecule has 5 heteroatoms. The highest BCUT2D eigenvalue weighted by atomic mass is 32.2. The second kappa shape index (κ2) is 7.05. The van der Waals surface area contributed by atoms with Gasteiger partial charge in [-0.05, 0) is 48.9 Å². The van der Waals surface area contributed by atoms with Gasteiger partial charge in [0.2, 0.25) is 10.0 Å². The fourth-order valence-electron chi connectivity index (χ4n) is 3.20. The Morgan fingerprint density at radius 2 is 1.50 bits per heavy atom. The predicted octanol–water partition coefficient (Wildman–Crippen LogP) is 3.14. The predicted molar refractivity (Wildman–Crippen MR) is 95.0 cm³/mol. The Labute approximate surface area is 143 Å². The van der Waals surface area contributed by atoms with Crippen LogP contribution in [0.25, 0.3) is 11.1 Å². The molecule has 4 nitrogen and oxygen atoms in total. The molecule has 24 heavy (non-hydrogen) atoms. The standard InChI is InChI=1S/C19H23NO3S/c1-15(21)16-11-13-20(14-12-16)24(22,23)19-9-7-18(8-10-19)17-5-3-2-4-6-17/h2-10,15-16,21H,11-14H2,1H3. The van der Waals surface area contributed by atoms with Gasteiger partial charge in [-0.1, -0.05) is 42.5 Å². The molecule has 0 aliphatic carbocycles. The highest BCUT2D eigenvalue weighted by Gasteiger charge is 2.30. The lowest BCUT2D eigenvalue weighted by Crippen LogP contribution is -2.40. The average molecular weight is 345 g/mol. The van der Waals surface area contributed by atoms with Gasteiger partial charge in [0.15, 0.2) is 0 Å². The van der Waals surface area contributed by atoms with E-state index in [9.17, 15) is 13.5 Å². The molecule has 1 aliphatic heterocycles. The Morgan fingerprint density at radius 3 is 2.04 bits per heavy atom. The highest BCUT2D eigenvalue weighted by molar-refractivity contribution is 7.89. The summed E-state index contributed by atoms with van der Waals surface area (Å²) in [7, 11) is -3.46. The van der Waals surface area contributed by atoms with Crippen LogP contribution < -0.4 is 0 Å². The summed E-state index contributed by atoms with van der Waals surface area (Å²) in [5, 5.41) is 9.65. The molecule has 1 atom stereocenters. The van der Waals surface area contributed by atoms with E-state index in [1.165, 1.54) is 4.31 Å². The van der Waals surface area contributed by atoms with E-state index in [1.807, 2.05) is 42.5 Å². The number of sulfonamides is 1. The van der Waals surface area contributed by atoms with Gasteiger partial charge < -0.3 is 5.11 Å². The zero-order valence-corrected chi connectivity index (χ0v) is 14.6. The SMILES string of the molecule is CC(O)C1CCN(S(=O)(=O)c2ccc(-c3ccccc3)cc2)CC1. The van der Waals surface area contributed by atoms with Crippen molar-refractivity contribution >= 4 is 10.0 Å². The van der Waals surface area contributed by atoms with Gasteiger partial charge in [-0.3, -0.25) is 0 Å². The van der Waals surface area contributed by atoms with E-state index in [4.69, 9.17) is 0 Å². The quantitative estimate of drug-likeness (QED) is 0.926. The van der Waals surface area contributed by atoms with Crippen LogP contribution in [0.4, 0.5) is 0 Å². The van der Waals surface area contributed by atoms with Crippen LogP contribution in [0.3, 0.4) is 0 Å². The van der Waals surface area contributed by atoms with Gasteiger partial charge in [0.25, 0.3) is 0 Å². The summed E-state index contributed by atoms with van der Waals surface area (Å²) < 4.78 is 27.1. The number of aliphatic hydroxyl groups is 1. The molecule has 1 saturated heterocycles. The van der Waals surface area contributed by atoms with Crippen LogP contribution in [-0.4, -0.2) is 37.0 Å². The third-order valence-corrected chi connectivity index (χ3v) is 6.69. The minimum absolute atomic E-state index is 0.192. The third-order valence-electron chi connectivity index (χ3n) is 4.78. The Bertz CT molecular complexity index is 762. The summed E-state index contributed by atoms with van der Waals surface area (Å²) in [6, 6.07) is 17.0. The van der Waals surface area contributed by atoms with Crippen molar-refractivity contribution in [2.24, 2.45) is 5.92 Å². The van der Waals surface area contributed by atoms with Crippen molar-refractivity contribution in [3.63, 3.8) is 0 Å². The fourth-order valence-corrected chi connectivity index (χ4v) is 4.67. The summed E-state index contributed by atoms with van der Waals surface area (Å²) >= 11 is 0. The molecule has 2 aromatic rings. The van der Waals surface area contributed by atoms with Crippen LogP contribution in [-0.2, 0) is 10.0 Å². The van der Waals surface area contributed by atoms with Crippen LogP contribution in [0.1, 0.15) is 19.8 Å². The molecule has 1 heterocycles. The molecular weight excluding hydrogens is 322 g/mol. The van der Waals surface area contributed by atoms with Crippen molar-refractivity contribution in [1.82, 2.24) is 4.31 Å². The minimum atomic E-state index is -3.46. The molecule has 3 rings (SSSR count). The fraction of sp³-hybridized carbons (Fsp3) is 0.368. The molecule has 1 N–H and O–H groups in total. The lowest BCUT2D eigenvalue weighted by Gasteiger charge is -2.32. The van der Waals surface area contributed by atoms with E-state index < -0.39 is 10.0 Å². The normalized spacial score (nSPS) is 18.4. The molecule has 1 fully saturated rings. The third kappa shape index (κ3) is 3.53. The number of piperidine rings is 1. The molecule has 128 valence electrons. The van der Waals surface area contributed by atoms with Gasteiger partial charge in [0, 0.05) is 13.1 Å². The molecule has 2 aromatic carbocycles. The molecule has 0 aromatic heterocycles. The Kier molecular flexibility index (Phi) is 5.04. The zero-order chi connectivity index (χ0) is 17.2. The van der Waals surface area contributed by atoms with Crippen LogP contribution in [0.15, 0.2) is 59.5 Å². The first-order chi connectivity index (χ1) is 11.5. The maximum Gasteiger partial charge on any atom is 0.243 e. The average Bonchev–Trinajstić information content (AvgIpc) is 2.62. The van der Waals surface area contributed by atoms with E-state index in [0.717, 1.165) is 11.1 Å². The lowest BCUT2D eigenvalue weighted by atomic mass is 9.93. The molecule has 1 aliphatic rings. The number of aliphatic hydroxyl groups excluding tert-OH is 1. The van der Waals surface area contributed by atoms with Crippen molar-refractivity contribution in [3.8, 4) is 11.1 Å². The molecule has 0 spiro atoms. The number of benzene rings is 2. The van der Waals surface area contributed by atoms with Crippen LogP contribution in [0.2, 0.25) is 0 Å². The van der Waals surface area contributed by atoms with Gasteiger partial charge >= 0.3 is 0 Å². The van der Waals surface area contributed by atoms with E-state index >= 15 is 0 Å². The van der Waals surface area contributed by atoms with E-state index in [1.54, 1.807) is 19.1 Å². The summed E-state index contributed by atoms with van der Waals surface area (Å²) in [4.78, 5) is 0.331. The van der Waals surface area contributed by atoms with Gasteiger partial charge in [-0.2, -0.15) is 4.31 Å². The van der Waals surface area contributed by atoms with Gasteiger partial charge in [-0.25, -0.2) is 8.42 Å². The summed E-state index contributed by atoms with van der Waals surface area (Å²) in [6.07, 6.45) is 1.04. The monoisotopic (exact) mass is 345 g/mol. The van der Waals surface area contributed by atoms with Crippen molar-refractivity contribution in [2.75, 3.05) is 13.1 Å². The smallest absolute Gasteiger partial charge is 0.243 e. The summed E-state index contributed by atoms with van der Waals surface area (Å²) in [5.74, 6) is 0.192. The van der Waals surface area contributed by atoms with E-state index in [0.29, 0.717) is 30.8 Å². The highest BCUT2D eigenvalue weighted by Crippen LogP contribution is 2.27. The van der Waals surface area contributed by atoms with Gasteiger partial charge in [0.05, 0.1) is 11.0 Å². The number of hydrogen-bond acceptors (Lipinski definition) is 3. The maximum atomic E-state index is 12.8. The van der Waals surface area contributed by atoms with Crippen molar-refractivity contribution < 1.29 is 13.5 Å². The second-order valence-corrected chi connectivity index (χ2v) is 8.31. The van der Waals surface area contributed by atoms with E-state index in [-0.39, 0.29) is 12.0 Å². The number of rotatable bonds is 4. The topological polar surface area (TPSA) is 57.6 Å². The van der Waals surface area contributed by atoms with E-state index in [2.05, 4.69) is 0 Å². The first-order valence-corrected chi connectivity index (χ1v) is 9.76. The summed E-state index contributed by atoms with van der Waals surface area (Å²) in [5.41, 5.74) is 2.07. The number of hydrogen-bond donors (Lipinski definition) is 1. The molecule has 1 unspecified atom stereocenters. The first kappa shape index (κ1) is 17.1. The zero-order valence-electron chi connectivity index (χ0n) is 13.8. The Morgan fingerprint density at radius 1 is 0.958 bits per heavy atom. The van der Waals surface area contributed by atoms with Crippen molar-refractivity contribution in [3.05, 3.63) is 54.6 Å². The van der Waals surface area contributed by atoms with Gasteiger partial charge in [0.1, 0.15) is 0 Å². The van der Waals surface area contributed by atoms with Crippen LogP contribution in [0, 0.1) is 5.92 Å². The van der Waals surface area contributed by atoms with Crippen LogP contribution >= 0.6 is 0 Å². The lowest BCUT2D eigenvalue weighted by molar-refractivity contribution is 0.0912. The molecule has 0 amide bonds. The maximum absolute atomic E-state index is 12.8. The van der Waals surface area contributed by atoms with Crippen molar-refractivity contribution in [2.45, 2.75) is 30.8 Å². The number of nitrogens with zero attached hydrogens (tertiary/aromatic N) is 1. The second-order valence-electron chi connectivity index (χ2n) is 6.37. The molecule has 0 saturated carbocycles. The molecule has 0 radical (unpaired) electrons. The minimum Gasteiger partial charge on any atom is -0.393 e. The summed E-state index contributed by atoms with van der Waals surface area (Å²) in [6.45, 7) is 2.72. The van der Waals surface area contributed by atoms with Gasteiger partial charge in [-0.15, -0.1) is 0 Å². The largest absolute Gasteiger partial charge is 0.393 e. The molecule has 0 bridgehead atoms. The van der Waals surface area contributed by atoms with Crippen LogP contribution in [0.5, 0.6) is 0 Å².